The molecule has 1 saturated heterocycles. The molecule has 0 spiro atoms. The highest BCUT2D eigenvalue weighted by atomic mass is 127. The van der Waals surface area contributed by atoms with Crippen LogP contribution in [0.25, 0.3) is 0 Å². The Kier molecular flexibility index (Phi) is 14.8. The molecule has 0 bridgehead atoms. The SMILES string of the molecule is CCNC(=NCCCOC)NCCN1CCCCCC1.I. The van der Waals surface area contributed by atoms with Crippen molar-refractivity contribution in [3.8, 4) is 0 Å². The molecular formula is C15H33IN4O. The van der Waals surface area contributed by atoms with Crippen LogP contribution in [0.5, 0.6) is 0 Å². The highest BCUT2D eigenvalue weighted by Gasteiger charge is 2.08. The van der Waals surface area contributed by atoms with Gasteiger partial charge in [0.15, 0.2) is 5.96 Å². The molecule has 0 amide bonds. The van der Waals surface area contributed by atoms with Crippen LogP contribution < -0.4 is 10.6 Å². The van der Waals surface area contributed by atoms with Gasteiger partial charge in [-0.1, -0.05) is 12.8 Å². The molecule has 1 rings (SSSR count). The van der Waals surface area contributed by atoms with Gasteiger partial charge in [-0.15, -0.1) is 24.0 Å². The summed E-state index contributed by atoms with van der Waals surface area (Å²) in [7, 11) is 1.73. The van der Waals surface area contributed by atoms with Gasteiger partial charge in [0, 0.05) is 39.9 Å². The van der Waals surface area contributed by atoms with Crippen LogP contribution in [0.4, 0.5) is 0 Å². The van der Waals surface area contributed by atoms with Gasteiger partial charge in [-0.2, -0.15) is 0 Å². The fraction of sp³-hybridized carbons (Fsp3) is 0.933. The number of methoxy groups -OCH3 is 1. The molecule has 1 heterocycles. The molecule has 6 heteroatoms. The fourth-order valence-electron chi connectivity index (χ4n) is 2.43. The molecule has 0 radical (unpaired) electrons. The minimum atomic E-state index is 0. The van der Waals surface area contributed by atoms with Gasteiger partial charge in [0.2, 0.25) is 0 Å². The minimum absolute atomic E-state index is 0. The first-order valence-electron chi connectivity index (χ1n) is 8.10. The van der Waals surface area contributed by atoms with E-state index < -0.39 is 0 Å². The van der Waals surface area contributed by atoms with Crippen molar-refractivity contribution in [3.05, 3.63) is 0 Å². The Morgan fingerprint density at radius 2 is 1.86 bits per heavy atom. The zero-order valence-corrected chi connectivity index (χ0v) is 16.0. The summed E-state index contributed by atoms with van der Waals surface area (Å²) in [6, 6.07) is 0. The van der Waals surface area contributed by atoms with Crippen LogP contribution in [0, 0.1) is 0 Å². The van der Waals surface area contributed by atoms with E-state index in [1.54, 1.807) is 7.11 Å². The van der Waals surface area contributed by atoms with Gasteiger partial charge < -0.3 is 20.3 Å². The summed E-state index contributed by atoms with van der Waals surface area (Å²) in [5.74, 6) is 0.929. The summed E-state index contributed by atoms with van der Waals surface area (Å²) in [6.07, 6.45) is 6.47. The van der Waals surface area contributed by atoms with Gasteiger partial charge in [-0.05, 0) is 39.3 Å². The van der Waals surface area contributed by atoms with E-state index in [0.29, 0.717) is 0 Å². The van der Waals surface area contributed by atoms with Crippen LogP contribution in [-0.2, 0) is 4.74 Å². The molecule has 0 unspecified atom stereocenters. The molecule has 2 N–H and O–H groups in total. The standard InChI is InChI=1S/C15H32N4O.HI/c1-3-16-15(17-9-8-14-20-2)18-10-13-19-11-6-4-5-7-12-19;/h3-14H2,1-2H3,(H2,16,17,18);1H. The largest absolute Gasteiger partial charge is 0.385 e. The van der Waals surface area contributed by atoms with Crippen LogP contribution in [0.1, 0.15) is 39.0 Å². The maximum absolute atomic E-state index is 5.04. The minimum Gasteiger partial charge on any atom is -0.385 e. The molecule has 1 aliphatic heterocycles. The zero-order chi connectivity index (χ0) is 14.5. The predicted octanol–water partition coefficient (Wildman–Crippen LogP) is 2.07. The summed E-state index contributed by atoms with van der Waals surface area (Å²) in [4.78, 5) is 7.11. The van der Waals surface area contributed by atoms with E-state index in [1.807, 2.05) is 0 Å². The molecule has 0 aromatic carbocycles. The molecule has 0 aromatic heterocycles. The van der Waals surface area contributed by atoms with Crippen LogP contribution in [0.15, 0.2) is 4.99 Å². The lowest BCUT2D eigenvalue weighted by Gasteiger charge is -2.20. The van der Waals surface area contributed by atoms with Crippen molar-refractivity contribution >= 4 is 29.9 Å². The van der Waals surface area contributed by atoms with E-state index in [4.69, 9.17) is 4.74 Å². The summed E-state index contributed by atoms with van der Waals surface area (Å²) in [5, 5.41) is 6.71. The van der Waals surface area contributed by atoms with Crippen molar-refractivity contribution in [2.24, 2.45) is 4.99 Å². The number of rotatable bonds is 8. The second-order valence-electron chi connectivity index (χ2n) is 5.29. The number of hydrogen-bond donors (Lipinski definition) is 2. The van der Waals surface area contributed by atoms with Crippen molar-refractivity contribution in [2.45, 2.75) is 39.0 Å². The number of halogens is 1. The molecule has 126 valence electrons. The molecule has 0 atom stereocenters. The summed E-state index contributed by atoms with van der Waals surface area (Å²) < 4.78 is 5.04. The topological polar surface area (TPSA) is 48.9 Å². The number of hydrogen-bond acceptors (Lipinski definition) is 3. The number of ether oxygens (including phenoxy) is 1. The average molecular weight is 412 g/mol. The zero-order valence-electron chi connectivity index (χ0n) is 13.7. The number of guanidine groups is 1. The first kappa shape index (κ1) is 20.9. The Morgan fingerprint density at radius 3 is 2.48 bits per heavy atom. The lowest BCUT2D eigenvalue weighted by molar-refractivity contribution is 0.197. The van der Waals surface area contributed by atoms with Crippen LogP contribution in [0.3, 0.4) is 0 Å². The Morgan fingerprint density at radius 1 is 1.14 bits per heavy atom. The average Bonchev–Trinajstić information content (AvgIpc) is 2.72. The van der Waals surface area contributed by atoms with Crippen molar-refractivity contribution in [1.82, 2.24) is 15.5 Å². The van der Waals surface area contributed by atoms with Crippen molar-refractivity contribution in [3.63, 3.8) is 0 Å². The third-order valence-electron chi connectivity index (χ3n) is 3.54. The monoisotopic (exact) mass is 412 g/mol. The third-order valence-corrected chi connectivity index (χ3v) is 3.54. The van der Waals surface area contributed by atoms with Crippen LogP contribution in [-0.4, -0.2) is 63.8 Å². The quantitative estimate of drug-likeness (QED) is 0.277. The molecule has 0 aromatic rings. The molecule has 21 heavy (non-hydrogen) atoms. The molecule has 5 nitrogen and oxygen atoms in total. The smallest absolute Gasteiger partial charge is 0.191 e. The number of likely N-dealkylation sites (tertiary alicyclic amines) is 1. The van der Waals surface area contributed by atoms with Gasteiger partial charge in [0.1, 0.15) is 0 Å². The Balaban J connectivity index is 0.00000400. The normalized spacial score (nSPS) is 17.0. The maximum Gasteiger partial charge on any atom is 0.191 e. The van der Waals surface area contributed by atoms with Crippen LogP contribution in [0.2, 0.25) is 0 Å². The maximum atomic E-state index is 5.04. The second kappa shape index (κ2) is 14.8. The van der Waals surface area contributed by atoms with Crippen molar-refractivity contribution in [1.29, 1.82) is 0 Å². The van der Waals surface area contributed by atoms with E-state index in [2.05, 4.69) is 27.4 Å². The first-order chi connectivity index (χ1) is 9.86. The van der Waals surface area contributed by atoms with Gasteiger partial charge in [-0.3, -0.25) is 4.99 Å². The number of nitrogens with one attached hydrogen (secondary N) is 2. The van der Waals surface area contributed by atoms with E-state index >= 15 is 0 Å². The second-order valence-corrected chi connectivity index (χ2v) is 5.29. The van der Waals surface area contributed by atoms with Gasteiger partial charge >= 0.3 is 0 Å². The number of aliphatic imine (C=N–C) groups is 1. The van der Waals surface area contributed by atoms with Gasteiger partial charge in [-0.25, -0.2) is 0 Å². The Labute approximate surface area is 147 Å². The number of nitrogens with zero attached hydrogens (tertiary/aromatic N) is 2. The van der Waals surface area contributed by atoms with Gasteiger partial charge in [0.05, 0.1) is 0 Å². The fourth-order valence-corrected chi connectivity index (χ4v) is 2.43. The lowest BCUT2D eigenvalue weighted by Crippen LogP contribution is -2.42. The summed E-state index contributed by atoms with van der Waals surface area (Å²) >= 11 is 0. The molecule has 1 fully saturated rings. The molecular weight excluding hydrogens is 379 g/mol. The lowest BCUT2D eigenvalue weighted by atomic mass is 10.2. The molecule has 0 saturated carbocycles. The summed E-state index contributed by atoms with van der Waals surface area (Å²) in [5.41, 5.74) is 0. The highest BCUT2D eigenvalue weighted by Crippen LogP contribution is 2.08. The van der Waals surface area contributed by atoms with Crippen molar-refractivity contribution < 1.29 is 4.74 Å². The molecule has 0 aliphatic carbocycles. The predicted molar refractivity (Wildman–Crippen MR) is 101 cm³/mol. The van der Waals surface area contributed by atoms with E-state index in [1.165, 1.54) is 38.8 Å². The van der Waals surface area contributed by atoms with E-state index in [-0.39, 0.29) is 24.0 Å². The third kappa shape index (κ3) is 11.2. The molecule has 1 aliphatic rings. The highest BCUT2D eigenvalue weighted by molar-refractivity contribution is 14.0. The van der Waals surface area contributed by atoms with Crippen LogP contribution >= 0.6 is 24.0 Å². The van der Waals surface area contributed by atoms with Crippen molar-refractivity contribution in [2.75, 3.05) is 53.0 Å². The van der Waals surface area contributed by atoms with E-state index in [0.717, 1.165) is 45.2 Å². The van der Waals surface area contributed by atoms with Gasteiger partial charge in [0.25, 0.3) is 0 Å². The Bertz CT molecular complexity index is 256. The summed E-state index contributed by atoms with van der Waals surface area (Å²) in [6.45, 7) is 9.18. The first-order valence-corrected chi connectivity index (χ1v) is 8.10. The van der Waals surface area contributed by atoms with E-state index in [9.17, 15) is 0 Å². The Hall–Kier alpha value is -0.0800.